The number of methoxy groups -OCH3 is 3. The summed E-state index contributed by atoms with van der Waals surface area (Å²) in [6, 6.07) is 11.3. The van der Waals surface area contributed by atoms with Gasteiger partial charge >= 0.3 is 0 Å². The molecule has 0 spiro atoms. The molecule has 5 nitrogen and oxygen atoms in total. The highest BCUT2D eigenvalue weighted by atomic mass is 16.5. The number of benzene rings is 2. The van der Waals surface area contributed by atoms with E-state index in [4.69, 9.17) is 14.2 Å². The van der Waals surface area contributed by atoms with Crippen molar-refractivity contribution in [2.45, 2.75) is 13.3 Å². The molecule has 2 rings (SSSR count). The Hall–Kier alpha value is -2.95. The molecule has 0 unspecified atom stereocenters. The Morgan fingerprint density at radius 1 is 0.960 bits per heavy atom. The lowest BCUT2D eigenvalue weighted by Gasteiger charge is -2.14. The SMILES string of the molecule is CCc1ccc(NC(=O)/C=C/c2ccc(OC)c(OC)c2OC)cc1. The third-order valence-corrected chi connectivity index (χ3v) is 3.78. The summed E-state index contributed by atoms with van der Waals surface area (Å²) in [5.74, 6) is 1.35. The molecule has 0 bridgehead atoms. The van der Waals surface area contributed by atoms with Gasteiger partial charge in [-0.2, -0.15) is 0 Å². The molecule has 0 aromatic heterocycles. The van der Waals surface area contributed by atoms with Gasteiger partial charge in [-0.3, -0.25) is 4.79 Å². The van der Waals surface area contributed by atoms with Crippen molar-refractivity contribution >= 4 is 17.7 Å². The summed E-state index contributed by atoms with van der Waals surface area (Å²) in [6.45, 7) is 2.09. The van der Waals surface area contributed by atoms with Crippen LogP contribution < -0.4 is 19.5 Å². The van der Waals surface area contributed by atoms with E-state index >= 15 is 0 Å². The zero-order chi connectivity index (χ0) is 18.2. The van der Waals surface area contributed by atoms with Gasteiger partial charge in [-0.05, 0) is 42.3 Å². The fourth-order valence-electron chi connectivity index (χ4n) is 2.43. The average Bonchev–Trinajstić information content (AvgIpc) is 2.65. The summed E-state index contributed by atoms with van der Waals surface area (Å²) < 4.78 is 16.0. The third-order valence-electron chi connectivity index (χ3n) is 3.78. The maximum absolute atomic E-state index is 12.1. The predicted octanol–water partition coefficient (Wildman–Crippen LogP) is 3.93. The van der Waals surface area contributed by atoms with Crippen LogP contribution in [-0.4, -0.2) is 27.2 Å². The van der Waals surface area contributed by atoms with E-state index in [1.165, 1.54) is 11.6 Å². The molecule has 0 aliphatic rings. The molecular formula is C20H23NO4. The maximum atomic E-state index is 12.1. The molecule has 1 N–H and O–H groups in total. The van der Waals surface area contributed by atoms with Crippen LogP contribution in [0.5, 0.6) is 17.2 Å². The van der Waals surface area contributed by atoms with Gasteiger partial charge in [-0.25, -0.2) is 0 Å². The van der Waals surface area contributed by atoms with Crippen molar-refractivity contribution in [2.75, 3.05) is 26.6 Å². The van der Waals surface area contributed by atoms with Crippen molar-refractivity contribution in [1.82, 2.24) is 0 Å². The molecule has 25 heavy (non-hydrogen) atoms. The molecule has 2 aromatic carbocycles. The van der Waals surface area contributed by atoms with Gasteiger partial charge < -0.3 is 19.5 Å². The van der Waals surface area contributed by atoms with E-state index in [-0.39, 0.29) is 5.91 Å². The van der Waals surface area contributed by atoms with E-state index in [9.17, 15) is 4.79 Å². The number of rotatable bonds is 7. The van der Waals surface area contributed by atoms with Gasteiger partial charge in [0.25, 0.3) is 0 Å². The molecule has 2 aromatic rings. The normalized spacial score (nSPS) is 10.6. The van der Waals surface area contributed by atoms with E-state index in [0.29, 0.717) is 17.2 Å². The van der Waals surface area contributed by atoms with Gasteiger partial charge in [0.05, 0.1) is 21.3 Å². The molecule has 0 saturated heterocycles. The summed E-state index contributed by atoms with van der Waals surface area (Å²) in [5.41, 5.74) is 2.70. The van der Waals surface area contributed by atoms with E-state index in [1.807, 2.05) is 24.3 Å². The largest absolute Gasteiger partial charge is 0.493 e. The van der Waals surface area contributed by atoms with Gasteiger partial charge in [0.2, 0.25) is 11.7 Å². The van der Waals surface area contributed by atoms with Crippen molar-refractivity contribution in [2.24, 2.45) is 0 Å². The lowest BCUT2D eigenvalue weighted by molar-refractivity contribution is -0.111. The minimum absolute atomic E-state index is 0.221. The first-order valence-corrected chi connectivity index (χ1v) is 7.99. The van der Waals surface area contributed by atoms with E-state index < -0.39 is 0 Å². The van der Waals surface area contributed by atoms with Crippen LogP contribution in [0.2, 0.25) is 0 Å². The Bertz CT molecular complexity index is 751. The fourth-order valence-corrected chi connectivity index (χ4v) is 2.43. The summed E-state index contributed by atoms with van der Waals surface area (Å²) in [5, 5.41) is 2.83. The Morgan fingerprint density at radius 2 is 1.64 bits per heavy atom. The first-order chi connectivity index (χ1) is 12.1. The average molecular weight is 341 g/mol. The van der Waals surface area contributed by atoms with Gasteiger partial charge in [-0.15, -0.1) is 0 Å². The van der Waals surface area contributed by atoms with Gasteiger partial charge in [-0.1, -0.05) is 19.1 Å². The number of aryl methyl sites for hydroxylation is 1. The van der Waals surface area contributed by atoms with Crippen molar-refractivity contribution in [3.63, 3.8) is 0 Å². The Morgan fingerprint density at radius 3 is 2.20 bits per heavy atom. The minimum Gasteiger partial charge on any atom is -0.493 e. The van der Waals surface area contributed by atoms with Crippen molar-refractivity contribution in [1.29, 1.82) is 0 Å². The fraction of sp³-hybridized carbons (Fsp3) is 0.250. The molecule has 5 heteroatoms. The number of carbonyl (C=O) groups excluding carboxylic acids is 1. The van der Waals surface area contributed by atoms with E-state index in [0.717, 1.165) is 17.7 Å². The number of anilines is 1. The highest BCUT2D eigenvalue weighted by Gasteiger charge is 2.14. The number of ether oxygens (including phenoxy) is 3. The van der Waals surface area contributed by atoms with Crippen LogP contribution in [0.3, 0.4) is 0 Å². The second kappa shape index (κ2) is 8.78. The van der Waals surface area contributed by atoms with Crippen molar-refractivity contribution in [3.05, 3.63) is 53.6 Å². The second-order valence-corrected chi connectivity index (χ2v) is 5.30. The quantitative estimate of drug-likeness (QED) is 0.775. The van der Waals surface area contributed by atoms with Crippen LogP contribution in [0.25, 0.3) is 6.08 Å². The van der Waals surface area contributed by atoms with Crippen LogP contribution in [0.4, 0.5) is 5.69 Å². The summed E-state index contributed by atoms with van der Waals surface area (Å²) >= 11 is 0. The number of hydrogen-bond acceptors (Lipinski definition) is 4. The van der Waals surface area contributed by atoms with E-state index in [2.05, 4.69) is 12.2 Å². The molecule has 0 fully saturated rings. The highest BCUT2D eigenvalue weighted by molar-refractivity contribution is 6.02. The topological polar surface area (TPSA) is 56.8 Å². The van der Waals surface area contributed by atoms with Crippen molar-refractivity contribution in [3.8, 4) is 17.2 Å². The van der Waals surface area contributed by atoms with E-state index in [1.54, 1.807) is 39.5 Å². The first-order valence-electron chi connectivity index (χ1n) is 7.99. The molecule has 132 valence electrons. The van der Waals surface area contributed by atoms with Crippen molar-refractivity contribution < 1.29 is 19.0 Å². The summed E-state index contributed by atoms with van der Waals surface area (Å²) in [6.07, 6.45) is 4.10. The molecule has 0 saturated carbocycles. The summed E-state index contributed by atoms with van der Waals surface area (Å²) in [7, 11) is 4.65. The molecule has 0 aliphatic heterocycles. The molecular weight excluding hydrogens is 318 g/mol. The second-order valence-electron chi connectivity index (χ2n) is 5.30. The monoisotopic (exact) mass is 341 g/mol. The molecule has 0 radical (unpaired) electrons. The van der Waals surface area contributed by atoms with Gasteiger partial charge in [0.15, 0.2) is 11.5 Å². The lowest BCUT2D eigenvalue weighted by Crippen LogP contribution is -2.07. The Balaban J connectivity index is 2.15. The molecule has 0 heterocycles. The number of amides is 1. The zero-order valence-electron chi connectivity index (χ0n) is 15.0. The molecule has 0 atom stereocenters. The van der Waals surface area contributed by atoms with Crippen LogP contribution in [0.15, 0.2) is 42.5 Å². The molecule has 1 amide bonds. The Kier molecular flexibility index (Phi) is 6.46. The third kappa shape index (κ3) is 4.53. The zero-order valence-corrected chi connectivity index (χ0v) is 15.0. The minimum atomic E-state index is -0.221. The van der Waals surface area contributed by atoms with Crippen LogP contribution in [-0.2, 0) is 11.2 Å². The summed E-state index contributed by atoms with van der Waals surface area (Å²) in [4.78, 5) is 12.1. The Labute approximate surface area is 148 Å². The smallest absolute Gasteiger partial charge is 0.248 e. The standard InChI is InChI=1S/C20H23NO4/c1-5-14-6-10-16(11-7-14)21-18(22)13-9-15-8-12-17(23-2)20(25-4)19(15)24-3/h6-13H,5H2,1-4H3,(H,21,22)/b13-9+. The number of carbonyl (C=O) groups is 1. The number of nitrogens with one attached hydrogen (secondary N) is 1. The predicted molar refractivity (Wildman–Crippen MR) is 99.6 cm³/mol. The number of hydrogen-bond donors (Lipinski definition) is 1. The van der Waals surface area contributed by atoms with Gasteiger partial charge in [0, 0.05) is 17.3 Å². The molecule has 0 aliphatic carbocycles. The highest BCUT2D eigenvalue weighted by Crippen LogP contribution is 2.40. The maximum Gasteiger partial charge on any atom is 0.248 e. The lowest BCUT2D eigenvalue weighted by atomic mass is 10.1. The first kappa shape index (κ1) is 18.4. The van der Waals surface area contributed by atoms with Gasteiger partial charge in [0.1, 0.15) is 0 Å². The van der Waals surface area contributed by atoms with Crippen LogP contribution in [0.1, 0.15) is 18.1 Å². The van der Waals surface area contributed by atoms with Crippen LogP contribution in [0, 0.1) is 0 Å². The van der Waals surface area contributed by atoms with Crippen LogP contribution >= 0.6 is 0 Å².